The third-order valence-corrected chi connectivity index (χ3v) is 4.16. The zero-order valence-corrected chi connectivity index (χ0v) is 11.9. The van der Waals surface area contributed by atoms with Crippen LogP contribution >= 0.6 is 0 Å². The Morgan fingerprint density at radius 2 is 2.00 bits per heavy atom. The molecule has 1 heterocycles. The van der Waals surface area contributed by atoms with Crippen LogP contribution in [0.2, 0.25) is 0 Å². The molecule has 1 aliphatic carbocycles. The van der Waals surface area contributed by atoms with Crippen LogP contribution in [-0.4, -0.2) is 9.97 Å². The zero-order chi connectivity index (χ0) is 13.9. The summed E-state index contributed by atoms with van der Waals surface area (Å²) in [5.74, 6) is 1.30. The second kappa shape index (κ2) is 5.71. The molecule has 0 aliphatic heterocycles. The van der Waals surface area contributed by atoms with E-state index in [1.165, 1.54) is 30.4 Å². The first-order valence-electron chi connectivity index (χ1n) is 7.36. The molecule has 104 valence electrons. The molecule has 0 saturated heterocycles. The molecule has 3 nitrogen and oxygen atoms in total. The number of hydrogen-bond acceptors (Lipinski definition) is 3. The molecule has 0 spiro atoms. The van der Waals surface area contributed by atoms with E-state index in [0.717, 1.165) is 17.8 Å². The van der Waals surface area contributed by atoms with Gasteiger partial charge in [-0.2, -0.15) is 0 Å². The molecule has 2 aromatic rings. The highest BCUT2D eigenvalue weighted by Crippen LogP contribution is 2.36. The minimum absolute atomic E-state index is 0.0771. The van der Waals surface area contributed by atoms with Crippen LogP contribution in [0.15, 0.2) is 36.7 Å². The summed E-state index contributed by atoms with van der Waals surface area (Å²) in [6, 6.07) is 8.68. The summed E-state index contributed by atoms with van der Waals surface area (Å²) in [7, 11) is 0. The van der Waals surface area contributed by atoms with Crippen LogP contribution in [0, 0.1) is 6.92 Å². The molecular formula is C17H21N3. The summed E-state index contributed by atoms with van der Waals surface area (Å²) in [6.45, 7) is 1.99. The molecule has 3 heteroatoms. The summed E-state index contributed by atoms with van der Waals surface area (Å²) in [5, 5.41) is 0. The van der Waals surface area contributed by atoms with E-state index in [1.54, 1.807) is 0 Å². The molecule has 1 aromatic heterocycles. The maximum absolute atomic E-state index is 6.31. The summed E-state index contributed by atoms with van der Waals surface area (Å²) >= 11 is 0. The van der Waals surface area contributed by atoms with E-state index < -0.39 is 0 Å². The van der Waals surface area contributed by atoms with Crippen LogP contribution in [0.4, 0.5) is 0 Å². The minimum atomic E-state index is -0.0771. The Hall–Kier alpha value is -1.74. The Kier molecular flexibility index (Phi) is 3.79. The Morgan fingerprint density at radius 3 is 2.80 bits per heavy atom. The lowest BCUT2D eigenvalue weighted by atomic mass is 9.79. The minimum Gasteiger partial charge on any atom is -0.321 e. The predicted molar refractivity (Wildman–Crippen MR) is 80.4 cm³/mol. The van der Waals surface area contributed by atoms with Crippen molar-refractivity contribution in [2.45, 2.75) is 44.6 Å². The standard InChI is InChI=1S/C17H21N3/c1-12-10-19-17(20-11-12)16(18)9-14-7-4-6-13-5-2-3-8-15(13)14/h2-3,5,8,10-11,14,16H,4,6-7,9,18H2,1H3. The Labute approximate surface area is 120 Å². The van der Waals surface area contributed by atoms with Crippen LogP contribution in [0.5, 0.6) is 0 Å². The highest BCUT2D eigenvalue weighted by molar-refractivity contribution is 5.32. The number of nitrogens with two attached hydrogens (primary N) is 1. The molecule has 20 heavy (non-hydrogen) atoms. The Morgan fingerprint density at radius 1 is 1.25 bits per heavy atom. The molecule has 1 aliphatic rings. The molecule has 3 rings (SSSR count). The van der Waals surface area contributed by atoms with Gasteiger partial charge in [-0.3, -0.25) is 0 Å². The van der Waals surface area contributed by atoms with Crippen LogP contribution in [0.25, 0.3) is 0 Å². The second-order valence-electron chi connectivity index (χ2n) is 5.75. The fourth-order valence-corrected chi connectivity index (χ4v) is 3.11. The van der Waals surface area contributed by atoms with Gasteiger partial charge in [0, 0.05) is 12.4 Å². The van der Waals surface area contributed by atoms with E-state index in [1.807, 2.05) is 19.3 Å². The van der Waals surface area contributed by atoms with Crippen molar-refractivity contribution in [3.8, 4) is 0 Å². The van der Waals surface area contributed by atoms with Crippen molar-refractivity contribution in [1.82, 2.24) is 9.97 Å². The molecule has 1 aromatic carbocycles. The molecule has 0 fully saturated rings. The fraction of sp³-hybridized carbons (Fsp3) is 0.412. The van der Waals surface area contributed by atoms with Crippen molar-refractivity contribution in [2.24, 2.45) is 5.73 Å². The van der Waals surface area contributed by atoms with Gasteiger partial charge in [-0.15, -0.1) is 0 Å². The van der Waals surface area contributed by atoms with Crippen molar-refractivity contribution in [2.75, 3.05) is 0 Å². The number of hydrogen-bond donors (Lipinski definition) is 1. The van der Waals surface area contributed by atoms with Gasteiger partial charge in [0.15, 0.2) is 0 Å². The first kappa shape index (κ1) is 13.3. The molecule has 2 N–H and O–H groups in total. The highest BCUT2D eigenvalue weighted by atomic mass is 14.9. The predicted octanol–water partition coefficient (Wildman–Crippen LogP) is 3.30. The van der Waals surface area contributed by atoms with E-state index in [-0.39, 0.29) is 6.04 Å². The quantitative estimate of drug-likeness (QED) is 0.928. The van der Waals surface area contributed by atoms with Gasteiger partial charge >= 0.3 is 0 Å². The van der Waals surface area contributed by atoms with Gasteiger partial charge in [-0.25, -0.2) is 9.97 Å². The Balaban J connectivity index is 1.77. The van der Waals surface area contributed by atoms with E-state index >= 15 is 0 Å². The second-order valence-corrected chi connectivity index (χ2v) is 5.75. The van der Waals surface area contributed by atoms with E-state index in [0.29, 0.717) is 5.92 Å². The lowest BCUT2D eigenvalue weighted by Gasteiger charge is -2.27. The number of aryl methyl sites for hydroxylation is 2. The zero-order valence-electron chi connectivity index (χ0n) is 11.9. The lowest BCUT2D eigenvalue weighted by Crippen LogP contribution is -2.20. The molecule has 0 radical (unpaired) electrons. The van der Waals surface area contributed by atoms with Crippen molar-refractivity contribution in [1.29, 1.82) is 0 Å². The number of aromatic nitrogens is 2. The van der Waals surface area contributed by atoms with E-state index in [9.17, 15) is 0 Å². The first-order valence-corrected chi connectivity index (χ1v) is 7.36. The van der Waals surface area contributed by atoms with Gasteiger partial charge in [0.2, 0.25) is 0 Å². The van der Waals surface area contributed by atoms with E-state index in [4.69, 9.17) is 5.73 Å². The number of nitrogens with zero attached hydrogens (tertiary/aromatic N) is 2. The summed E-state index contributed by atoms with van der Waals surface area (Å²) in [5.41, 5.74) is 10.3. The maximum Gasteiger partial charge on any atom is 0.144 e. The average Bonchev–Trinajstić information content (AvgIpc) is 2.48. The monoisotopic (exact) mass is 267 g/mol. The van der Waals surface area contributed by atoms with Crippen molar-refractivity contribution in [3.63, 3.8) is 0 Å². The maximum atomic E-state index is 6.31. The van der Waals surface area contributed by atoms with Gasteiger partial charge in [0.25, 0.3) is 0 Å². The average molecular weight is 267 g/mol. The van der Waals surface area contributed by atoms with Gasteiger partial charge in [-0.1, -0.05) is 24.3 Å². The van der Waals surface area contributed by atoms with Gasteiger partial charge in [-0.05, 0) is 55.2 Å². The van der Waals surface area contributed by atoms with Crippen LogP contribution < -0.4 is 5.73 Å². The van der Waals surface area contributed by atoms with Crippen molar-refractivity contribution in [3.05, 3.63) is 59.2 Å². The van der Waals surface area contributed by atoms with Crippen LogP contribution in [0.3, 0.4) is 0 Å². The van der Waals surface area contributed by atoms with Crippen molar-refractivity contribution >= 4 is 0 Å². The third-order valence-electron chi connectivity index (χ3n) is 4.16. The smallest absolute Gasteiger partial charge is 0.144 e. The normalized spacial score (nSPS) is 19.4. The van der Waals surface area contributed by atoms with Crippen LogP contribution in [-0.2, 0) is 6.42 Å². The van der Waals surface area contributed by atoms with Gasteiger partial charge in [0.1, 0.15) is 5.82 Å². The van der Waals surface area contributed by atoms with E-state index in [2.05, 4.69) is 34.2 Å². The largest absolute Gasteiger partial charge is 0.321 e. The molecule has 0 saturated carbocycles. The molecule has 2 atom stereocenters. The summed E-state index contributed by atoms with van der Waals surface area (Å²) < 4.78 is 0. The Bertz CT molecular complexity index is 577. The topological polar surface area (TPSA) is 51.8 Å². The summed E-state index contributed by atoms with van der Waals surface area (Å²) in [6.07, 6.45) is 8.29. The number of fused-ring (bicyclic) bond motifs is 1. The van der Waals surface area contributed by atoms with Gasteiger partial charge in [0.05, 0.1) is 6.04 Å². The van der Waals surface area contributed by atoms with Crippen LogP contribution in [0.1, 0.15) is 53.7 Å². The molecular weight excluding hydrogens is 246 g/mol. The van der Waals surface area contributed by atoms with Gasteiger partial charge < -0.3 is 5.73 Å². The molecule has 0 amide bonds. The first-order chi connectivity index (χ1) is 9.74. The lowest BCUT2D eigenvalue weighted by molar-refractivity contribution is 0.465. The fourth-order valence-electron chi connectivity index (χ4n) is 3.11. The third kappa shape index (κ3) is 2.73. The highest BCUT2D eigenvalue weighted by Gasteiger charge is 2.23. The summed E-state index contributed by atoms with van der Waals surface area (Å²) in [4.78, 5) is 8.73. The van der Waals surface area contributed by atoms with Crippen molar-refractivity contribution < 1.29 is 0 Å². The molecule has 2 unspecified atom stereocenters. The number of rotatable bonds is 3. The number of benzene rings is 1. The molecule has 0 bridgehead atoms. The SMILES string of the molecule is Cc1cnc(C(N)CC2CCCc3ccccc32)nc1.